The van der Waals surface area contributed by atoms with Gasteiger partial charge in [0.1, 0.15) is 6.10 Å². The number of rotatable bonds is 30. The number of aliphatic hydroxyl groups is 3. The van der Waals surface area contributed by atoms with Crippen LogP contribution in [0.5, 0.6) is 0 Å². The number of nitrogens with one attached hydrogen (secondary N) is 1. The van der Waals surface area contributed by atoms with E-state index < -0.39 is 24.2 Å². The summed E-state index contributed by atoms with van der Waals surface area (Å²) in [4.78, 5) is 12.3. The first kappa shape index (κ1) is 39.6. The van der Waals surface area contributed by atoms with E-state index in [2.05, 4.69) is 43.5 Å². The van der Waals surface area contributed by atoms with Gasteiger partial charge >= 0.3 is 0 Å². The van der Waals surface area contributed by atoms with Gasteiger partial charge in [-0.15, -0.1) is 0 Å². The summed E-state index contributed by atoms with van der Waals surface area (Å²) in [5.74, 6) is -0.520. The minimum absolute atomic E-state index is 0.380. The van der Waals surface area contributed by atoms with Crippen LogP contribution in [0, 0.1) is 0 Å². The molecule has 0 bridgehead atoms. The molecular formula is C36H67NO4. The van der Waals surface area contributed by atoms with Crippen molar-refractivity contribution in [3.63, 3.8) is 0 Å². The molecule has 240 valence electrons. The molecule has 0 heterocycles. The van der Waals surface area contributed by atoms with Crippen molar-refractivity contribution in [1.82, 2.24) is 5.32 Å². The molecule has 0 saturated carbocycles. The third kappa shape index (κ3) is 27.2. The van der Waals surface area contributed by atoms with Gasteiger partial charge in [-0.05, 0) is 44.9 Å². The fraction of sp³-hybridized carbons (Fsp3) is 0.806. The number of hydrogen-bond acceptors (Lipinski definition) is 4. The second-order valence-electron chi connectivity index (χ2n) is 11.7. The summed E-state index contributed by atoms with van der Waals surface area (Å²) in [5, 5.41) is 32.8. The van der Waals surface area contributed by atoms with Crippen molar-refractivity contribution in [3.05, 3.63) is 36.5 Å². The average molecular weight is 578 g/mol. The van der Waals surface area contributed by atoms with Crippen molar-refractivity contribution in [2.24, 2.45) is 0 Å². The van der Waals surface area contributed by atoms with Gasteiger partial charge in [-0.3, -0.25) is 4.79 Å². The van der Waals surface area contributed by atoms with Crippen LogP contribution in [-0.2, 0) is 4.79 Å². The Hall–Kier alpha value is -1.43. The van der Waals surface area contributed by atoms with Crippen LogP contribution in [-0.4, -0.2) is 46.1 Å². The lowest BCUT2D eigenvalue weighted by molar-refractivity contribution is -0.131. The molecule has 0 aromatic heterocycles. The smallest absolute Gasteiger partial charge is 0.249 e. The number of carbonyl (C=O) groups excluding carboxylic acids is 1. The Bertz CT molecular complexity index is 645. The number of unbranched alkanes of at least 4 members (excludes halogenated alkanes) is 18. The van der Waals surface area contributed by atoms with Crippen molar-refractivity contribution in [1.29, 1.82) is 0 Å². The van der Waals surface area contributed by atoms with Crippen LogP contribution in [0.25, 0.3) is 0 Å². The van der Waals surface area contributed by atoms with Gasteiger partial charge in [0, 0.05) is 0 Å². The zero-order chi connectivity index (χ0) is 30.2. The third-order valence-electron chi connectivity index (χ3n) is 7.71. The van der Waals surface area contributed by atoms with Crippen molar-refractivity contribution in [2.75, 3.05) is 6.61 Å². The van der Waals surface area contributed by atoms with Crippen LogP contribution in [0.2, 0.25) is 0 Å². The lowest BCUT2D eigenvalue weighted by atomic mass is 10.0. The number of carbonyl (C=O) groups is 1. The van der Waals surface area contributed by atoms with E-state index in [9.17, 15) is 20.1 Å². The van der Waals surface area contributed by atoms with Gasteiger partial charge in [0.05, 0.1) is 18.8 Å². The molecule has 0 aliphatic rings. The molecule has 0 rings (SSSR count). The summed E-state index contributed by atoms with van der Waals surface area (Å²) in [5.41, 5.74) is 0. The Kier molecular flexibility index (Phi) is 30.4. The standard InChI is InChI=1S/C36H67NO4/c1-3-5-7-9-11-13-15-17-19-20-22-24-26-28-30-34(39)33(32-38)37-36(41)35(40)31-29-27-25-23-21-18-16-14-12-10-8-6-4-2/h13,15,20,22,28,30,33-35,38-40H,3-12,14,16-19,21,23-27,29,31-32H2,1-2H3,(H,37,41)/b15-13+,22-20+,30-28+. The van der Waals surface area contributed by atoms with Gasteiger partial charge in [0.15, 0.2) is 0 Å². The summed E-state index contributed by atoms with van der Waals surface area (Å²) in [6.45, 7) is 4.11. The highest BCUT2D eigenvalue weighted by Crippen LogP contribution is 2.14. The predicted molar refractivity (Wildman–Crippen MR) is 176 cm³/mol. The Morgan fingerprint density at radius 1 is 0.585 bits per heavy atom. The van der Waals surface area contributed by atoms with Crippen LogP contribution in [0.1, 0.15) is 162 Å². The minimum Gasteiger partial charge on any atom is -0.394 e. The second-order valence-corrected chi connectivity index (χ2v) is 11.7. The first-order chi connectivity index (χ1) is 20.1. The quantitative estimate of drug-likeness (QED) is 0.0507. The third-order valence-corrected chi connectivity index (χ3v) is 7.71. The summed E-state index contributed by atoms with van der Waals surface area (Å²) < 4.78 is 0. The molecule has 0 fully saturated rings. The zero-order valence-electron chi connectivity index (χ0n) is 26.9. The zero-order valence-corrected chi connectivity index (χ0v) is 26.9. The van der Waals surface area contributed by atoms with E-state index in [4.69, 9.17) is 0 Å². The van der Waals surface area contributed by atoms with Gasteiger partial charge in [0.2, 0.25) is 5.91 Å². The monoisotopic (exact) mass is 578 g/mol. The van der Waals surface area contributed by atoms with Gasteiger partial charge in [-0.1, -0.05) is 153 Å². The number of aliphatic hydroxyl groups excluding tert-OH is 3. The van der Waals surface area contributed by atoms with E-state index in [1.54, 1.807) is 6.08 Å². The maximum atomic E-state index is 12.3. The van der Waals surface area contributed by atoms with E-state index in [0.29, 0.717) is 6.42 Å². The van der Waals surface area contributed by atoms with Crippen LogP contribution in [0.3, 0.4) is 0 Å². The molecule has 0 aliphatic carbocycles. The largest absolute Gasteiger partial charge is 0.394 e. The van der Waals surface area contributed by atoms with E-state index in [1.807, 2.05) is 6.08 Å². The molecule has 41 heavy (non-hydrogen) atoms. The number of hydrogen-bond donors (Lipinski definition) is 4. The van der Waals surface area contributed by atoms with Crippen molar-refractivity contribution >= 4 is 5.91 Å². The molecular weight excluding hydrogens is 510 g/mol. The Balaban J connectivity index is 3.86. The van der Waals surface area contributed by atoms with Crippen LogP contribution >= 0.6 is 0 Å². The normalized spacial score (nSPS) is 14.4. The van der Waals surface area contributed by atoms with E-state index in [0.717, 1.165) is 44.9 Å². The second kappa shape index (κ2) is 31.5. The fourth-order valence-electron chi connectivity index (χ4n) is 4.92. The molecule has 0 radical (unpaired) electrons. The topological polar surface area (TPSA) is 89.8 Å². The van der Waals surface area contributed by atoms with Crippen molar-refractivity contribution < 1.29 is 20.1 Å². The molecule has 0 saturated heterocycles. The number of allylic oxidation sites excluding steroid dienone is 5. The molecule has 0 aromatic carbocycles. The summed E-state index contributed by atoms with van der Waals surface area (Å²) >= 11 is 0. The average Bonchev–Trinajstić information content (AvgIpc) is 2.98. The summed E-state index contributed by atoms with van der Waals surface area (Å²) in [7, 11) is 0. The van der Waals surface area contributed by atoms with Gasteiger partial charge in [-0.25, -0.2) is 0 Å². The van der Waals surface area contributed by atoms with Crippen LogP contribution in [0.4, 0.5) is 0 Å². The molecule has 3 unspecified atom stereocenters. The summed E-state index contributed by atoms with van der Waals surface area (Å²) in [6, 6.07) is -0.815. The van der Waals surface area contributed by atoms with Crippen LogP contribution in [0.15, 0.2) is 36.5 Å². The lowest BCUT2D eigenvalue weighted by Gasteiger charge is -2.21. The molecule has 0 aliphatic heterocycles. The SMILES string of the molecule is CCCCCC/C=C/CC/C=C/CC/C=C/C(O)C(CO)NC(=O)C(O)CCCCCCCCCCCCCCC. The predicted octanol–water partition coefficient (Wildman–Crippen LogP) is 8.87. The first-order valence-corrected chi connectivity index (χ1v) is 17.3. The van der Waals surface area contributed by atoms with E-state index in [-0.39, 0.29) is 6.61 Å². The molecule has 1 amide bonds. The van der Waals surface area contributed by atoms with Crippen LogP contribution < -0.4 is 5.32 Å². The highest BCUT2D eigenvalue weighted by molar-refractivity contribution is 5.80. The fourth-order valence-corrected chi connectivity index (χ4v) is 4.92. The molecule has 5 nitrogen and oxygen atoms in total. The Labute approximate surface area is 254 Å². The highest BCUT2D eigenvalue weighted by atomic mass is 16.3. The lowest BCUT2D eigenvalue weighted by Crippen LogP contribution is -2.48. The van der Waals surface area contributed by atoms with E-state index in [1.165, 1.54) is 96.3 Å². The Morgan fingerprint density at radius 2 is 1.00 bits per heavy atom. The molecule has 0 spiro atoms. The molecule has 5 heteroatoms. The Morgan fingerprint density at radius 3 is 1.49 bits per heavy atom. The maximum Gasteiger partial charge on any atom is 0.249 e. The first-order valence-electron chi connectivity index (χ1n) is 17.3. The molecule has 3 atom stereocenters. The highest BCUT2D eigenvalue weighted by Gasteiger charge is 2.22. The number of amides is 1. The minimum atomic E-state index is -1.10. The van der Waals surface area contributed by atoms with Gasteiger partial charge in [0.25, 0.3) is 0 Å². The van der Waals surface area contributed by atoms with Gasteiger partial charge < -0.3 is 20.6 Å². The van der Waals surface area contributed by atoms with Crippen molar-refractivity contribution in [3.8, 4) is 0 Å². The maximum absolute atomic E-state index is 12.3. The van der Waals surface area contributed by atoms with Gasteiger partial charge in [-0.2, -0.15) is 0 Å². The van der Waals surface area contributed by atoms with E-state index >= 15 is 0 Å². The van der Waals surface area contributed by atoms with Crippen molar-refractivity contribution in [2.45, 2.75) is 180 Å². The molecule has 4 N–H and O–H groups in total. The molecule has 0 aromatic rings. The summed E-state index contributed by atoms with van der Waals surface area (Å²) in [6.07, 6.45) is 37.2.